The lowest BCUT2D eigenvalue weighted by Crippen LogP contribution is -2.11. The molecule has 0 bridgehead atoms. The molecule has 4 nitrogen and oxygen atoms in total. The maximum absolute atomic E-state index is 5.05. The molecule has 0 spiro atoms. The third-order valence-electron chi connectivity index (χ3n) is 2.83. The lowest BCUT2D eigenvalue weighted by molar-refractivity contribution is 0.397. The Morgan fingerprint density at radius 1 is 1.37 bits per heavy atom. The minimum atomic E-state index is 0.645. The second kappa shape index (κ2) is 6.63. The fourth-order valence-electron chi connectivity index (χ4n) is 1.78. The first-order valence-electron chi connectivity index (χ1n) is 6.37. The van der Waals surface area contributed by atoms with Crippen molar-refractivity contribution in [2.75, 3.05) is 13.7 Å². The summed E-state index contributed by atoms with van der Waals surface area (Å²) in [6.07, 6.45) is 2.67. The Bertz CT molecular complexity index is 522. The van der Waals surface area contributed by atoms with Crippen LogP contribution in [0, 0.1) is 6.92 Å². The van der Waals surface area contributed by atoms with Gasteiger partial charge in [0.2, 0.25) is 5.88 Å². The molecule has 2 aromatic rings. The summed E-state index contributed by atoms with van der Waals surface area (Å²) in [5, 5.41) is 4.48. The van der Waals surface area contributed by atoms with Crippen LogP contribution in [0.1, 0.15) is 28.1 Å². The van der Waals surface area contributed by atoms with E-state index in [0.29, 0.717) is 5.88 Å². The van der Waals surface area contributed by atoms with E-state index in [0.717, 1.165) is 35.8 Å². The molecule has 0 unspecified atom stereocenters. The predicted octanol–water partition coefficient (Wildman–Crippen LogP) is 2.56. The third-order valence-corrected chi connectivity index (χ3v) is 3.99. The lowest BCUT2D eigenvalue weighted by Gasteiger charge is -2.00. The number of pyridine rings is 1. The number of thiazole rings is 1. The first-order chi connectivity index (χ1) is 9.22. The van der Waals surface area contributed by atoms with E-state index in [-0.39, 0.29) is 0 Å². The number of hydrogen-bond donors (Lipinski definition) is 1. The van der Waals surface area contributed by atoms with Crippen molar-refractivity contribution in [3.8, 4) is 5.88 Å². The number of rotatable bonds is 6. The van der Waals surface area contributed by atoms with Crippen LogP contribution in [-0.4, -0.2) is 23.6 Å². The molecule has 0 saturated carbocycles. The van der Waals surface area contributed by atoms with Gasteiger partial charge in [-0.05, 0) is 19.0 Å². The summed E-state index contributed by atoms with van der Waals surface area (Å²) in [6, 6.07) is 3.92. The van der Waals surface area contributed by atoms with Crippen LogP contribution in [0.15, 0.2) is 18.3 Å². The van der Waals surface area contributed by atoms with Crippen LogP contribution in [0.25, 0.3) is 0 Å². The van der Waals surface area contributed by atoms with E-state index in [1.165, 1.54) is 4.88 Å². The van der Waals surface area contributed by atoms with Crippen molar-refractivity contribution in [3.63, 3.8) is 0 Å². The second-order valence-corrected chi connectivity index (χ2v) is 5.45. The van der Waals surface area contributed by atoms with Crippen molar-refractivity contribution >= 4 is 11.3 Å². The Morgan fingerprint density at radius 3 is 2.84 bits per heavy atom. The van der Waals surface area contributed by atoms with Crippen LogP contribution in [0.5, 0.6) is 5.88 Å². The number of ether oxygens (including phenoxy) is 1. The zero-order valence-electron chi connectivity index (χ0n) is 11.6. The van der Waals surface area contributed by atoms with Gasteiger partial charge >= 0.3 is 0 Å². The Morgan fingerprint density at radius 2 is 2.21 bits per heavy atom. The molecule has 2 heterocycles. The molecule has 2 aromatic heterocycles. The maximum Gasteiger partial charge on any atom is 0.212 e. The molecule has 0 fully saturated rings. The molecule has 102 valence electrons. The first-order valence-corrected chi connectivity index (χ1v) is 7.19. The van der Waals surface area contributed by atoms with E-state index >= 15 is 0 Å². The van der Waals surface area contributed by atoms with Gasteiger partial charge < -0.3 is 10.1 Å². The van der Waals surface area contributed by atoms with Gasteiger partial charge in [0.05, 0.1) is 17.8 Å². The zero-order valence-corrected chi connectivity index (χ0v) is 12.4. The van der Waals surface area contributed by atoms with Crippen LogP contribution in [0.4, 0.5) is 0 Å². The molecule has 0 radical (unpaired) electrons. The van der Waals surface area contributed by atoms with Gasteiger partial charge in [-0.2, -0.15) is 0 Å². The van der Waals surface area contributed by atoms with Gasteiger partial charge in [-0.1, -0.05) is 13.0 Å². The van der Waals surface area contributed by atoms with E-state index in [1.54, 1.807) is 18.4 Å². The summed E-state index contributed by atoms with van der Waals surface area (Å²) in [7, 11) is 1.62. The van der Waals surface area contributed by atoms with E-state index in [1.807, 2.05) is 18.3 Å². The van der Waals surface area contributed by atoms with Crippen LogP contribution >= 0.6 is 11.3 Å². The smallest absolute Gasteiger partial charge is 0.212 e. The monoisotopic (exact) mass is 277 g/mol. The predicted molar refractivity (Wildman–Crippen MR) is 77.8 cm³/mol. The molecular formula is C14H19N3OS. The lowest BCUT2D eigenvalue weighted by atomic mass is 10.2. The molecular weight excluding hydrogens is 258 g/mol. The molecule has 0 aliphatic heterocycles. The van der Waals surface area contributed by atoms with E-state index in [9.17, 15) is 0 Å². The van der Waals surface area contributed by atoms with Crippen LogP contribution in [-0.2, 0) is 13.0 Å². The summed E-state index contributed by atoms with van der Waals surface area (Å²) in [5.74, 6) is 0.645. The molecule has 19 heavy (non-hydrogen) atoms. The Hall–Kier alpha value is -1.46. The highest BCUT2D eigenvalue weighted by atomic mass is 32.1. The summed E-state index contributed by atoms with van der Waals surface area (Å²) in [5.41, 5.74) is 2.28. The minimum absolute atomic E-state index is 0.645. The van der Waals surface area contributed by atoms with Gasteiger partial charge in [0, 0.05) is 30.1 Å². The summed E-state index contributed by atoms with van der Waals surface area (Å²) < 4.78 is 5.05. The van der Waals surface area contributed by atoms with Gasteiger partial charge in [-0.25, -0.2) is 9.97 Å². The topological polar surface area (TPSA) is 47.0 Å². The molecule has 0 aliphatic carbocycles. The van der Waals surface area contributed by atoms with E-state index in [4.69, 9.17) is 4.74 Å². The van der Waals surface area contributed by atoms with Crippen molar-refractivity contribution in [2.24, 2.45) is 0 Å². The third kappa shape index (κ3) is 3.75. The van der Waals surface area contributed by atoms with Gasteiger partial charge in [0.1, 0.15) is 0 Å². The average Bonchev–Trinajstić information content (AvgIpc) is 2.77. The Labute approximate surface area is 117 Å². The SMILES string of the molecule is CCNCc1sc(Cc2ccc(OC)nc2)nc1C. The van der Waals surface area contributed by atoms with Crippen molar-refractivity contribution in [3.05, 3.63) is 39.5 Å². The Kier molecular flexibility index (Phi) is 4.87. The summed E-state index contributed by atoms with van der Waals surface area (Å²) >= 11 is 1.77. The van der Waals surface area contributed by atoms with E-state index in [2.05, 4.69) is 29.1 Å². The molecule has 2 rings (SSSR count). The molecule has 0 atom stereocenters. The van der Waals surface area contributed by atoms with Crippen molar-refractivity contribution in [1.82, 2.24) is 15.3 Å². The molecule has 0 amide bonds. The normalized spacial score (nSPS) is 10.7. The molecule has 0 aliphatic rings. The quantitative estimate of drug-likeness (QED) is 0.881. The first kappa shape index (κ1) is 14.0. The van der Waals surface area contributed by atoms with Crippen LogP contribution in [0.2, 0.25) is 0 Å². The summed E-state index contributed by atoms with van der Waals surface area (Å²) in [6.45, 7) is 6.06. The van der Waals surface area contributed by atoms with Gasteiger partial charge in [-0.3, -0.25) is 0 Å². The minimum Gasteiger partial charge on any atom is -0.481 e. The highest BCUT2D eigenvalue weighted by Gasteiger charge is 2.08. The Balaban J connectivity index is 2.05. The maximum atomic E-state index is 5.05. The number of aromatic nitrogens is 2. The van der Waals surface area contributed by atoms with Gasteiger partial charge in [-0.15, -0.1) is 11.3 Å². The summed E-state index contributed by atoms with van der Waals surface area (Å²) in [4.78, 5) is 10.2. The number of nitrogens with one attached hydrogen (secondary N) is 1. The second-order valence-electron chi connectivity index (χ2n) is 4.28. The largest absolute Gasteiger partial charge is 0.481 e. The standard InChI is InChI=1S/C14H19N3OS/c1-4-15-9-12-10(2)17-14(19-12)7-11-5-6-13(18-3)16-8-11/h5-6,8,15H,4,7,9H2,1-3H3. The van der Waals surface area contributed by atoms with E-state index < -0.39 is 0 Å². The number of methoxy groups -OCH3 is 1. The number of hydrogen-bond acceptors (Lipinski definition) is 5. The van der Waals surface area contributed by atoms with Crippen LogP contribution < -0.4 is 10.1 Å². The van der Waals surface area contributed by atoms with Crippen LogP contribution in [0.3, 0.4) is 0 Å². The molecule has 0 aromatic carbocycles. The van der Waals surface area contributed by atoms with Gasteiger partial charge in [0.15, 0.2) is 0 Å². The fourth-order valence-corrected chi connectivity index (χ4v) is 2.85. The van der Waals surface area contributed by atoms with Crippen molar-refractivity contribution in [2.45, 2.75) is 26.8 Å². The highest BCUT2D eigenvalue weighted by molar-refractivity contribution is 7.11. The van der Waals surface area contributed by atoms with Gasteiger partial charge in [0.25, 0.3) is 0 Å². The molecule has 1 N–H and O–H groups in total. The number of nitrogens with zero attached hydrogens (tertiary/aromatic N) is 2. The number of aryl methyl sites for hydroxylation is 1. The molecule has 5 heteroatoms. The zero-order chi connectivity index (χ0) is 13.7. The highest BCUT2D eigenvalue weighted by Crippen LogP contribution is 2.21. The van der Waals surface area contributed by atoms with Crippen molar-refractivity contribution in [1.29, 1.82) is 0 Å². The average molecular weight is 277 g/mol. The van der Waals surface area contributed by atoms with Crippen molar-refractivity contribution < 1.29 is 4.74 Å². The fraction of sp³-hybridized carbons (Fsp3) is 0.429. The molecule has 0 saturated heterocycles.